The molecule has 2 heterocycles. The molecule has 130 valence electrons. The van der Waals surface area contributed by atoms with Crippen LogP contribution in [-0.4, -0.2) is 30.2 Å². The van der Waals surface area contributed by atoms with E-state index in [9.17, 15) is 4.79 Å². The molecule has 1 aliphatic heterocycles. The highest BCUT2D eigenvalue weighted by atomic mass is 16.5. The number of hydrogen-bond acceptors (Lipinski definition) is 4. The van der Waals surface area contributed by atoms with E-state index in [-0.39, 0.29) is 17.8 Å². The van der Waals surface area contributed by atoms with Crippen LogP contribution in [0.4, 0.5) is 0 Å². The van der Waals surface area contributed by atoms with Crippen molar-refractivity contribution in [2.24, 2.45) is 0 Å². The van der Waals surface area contributed by atoms with Crippen LogP contribution in [0.5, 0.6) is 0 Å². The summed E-state index contributed by atoms with van der Waals surface area (Å²) in [5.41, 5.74) is 2.70. The van der Waals surface area contributed by atoms with Crippen molar-refractivity contribution in [2.45, 2.75) is 39.5 Å². The fourth-order valence-corrected chi connectivity index (χ4v) is 3.93. The molecule has 4 nitrogen and oxygen atoms in total. The third-order valence-corrected chi connectivity index (χ3v) is 5.00. The standard InChI is InChI=1S/C21H23NO3/c1-13-8-9-17-16-6-4-5-7-18(16)21(23)25-20(17)19(13)12-22-10-14(2)24-15(3)11-22/h4-9,14-15H,10-12H2,1-3H3. The number of ether oxygens (including phenoxy) is 1. The van der Waals surface area contributed by atoms with E-state index >= 15 is 0 Å². The number of benzene rings is 2. The summed E-state index contributed by atoms with van der Waals surface area (Å²) in [4.78, 5) is 14.8. The van der Waals surface area contributed by atoms with Crippen molar-refractivity contribution in [3.8, 4) is 0 Å². The van der Waals surface area contributed by atoms with Gasteiger partial charge in [0.15, 0.2) is 0 Å². The molecular formula is C21H23NO3. The third-order valence-electron chi connectivity index (χ3n) is 5.00. The summed E-state index contributed by atoms with van der Waals surface area (Å²) < 4.78 is 11.6. The van der Waals surface area contributed by atoms with Gasteiger partial charge in [0.1, 0.15) is 5.58 Å². The molecule has 0 radical (unpaired) electrons. The second-order valence-corrected chi connectivity index (χ2v) is 7.12. The van der Waals surface area contributed by atoms with Gasteiger partial charge in [0.05, 0.1) is 17.6 Å². The average molecular weight is 337 g/mol. The Balaban J connectivity index is 1.86. The zero-order valence-electron chi connectivity index (χ0n) is 14.9. The number of aryl methyl sites for hydroxylation is 1. The molecule has 0 N–H and O–H groups in total. The van der Waals surface area contributed by atoms with Crippen molar-refractivity contribution in [1.29, 1.82) is 0 Å². The molecule has 0 bridgehead atoms. The van der Waals surface area contributed by atoms with E-state index in [0.717, 1.165) is 47.1 Å². The highest BCUT2D eigenvalue weighted by Crippen LogP contribution is 2.29. The van der Waals surface area contributed by atoms with Crippen LogP contribution in [0.15, 0.2) is 45.6 Å². The van der Waals surface area contributed by atoms with E-state index in [1.165, 1.54) is 0 Å². The molecule has 1 aromatic heterocycles. The van der Waals surface area contributed by atoms with Gasteiger partial charge in [-0.3, -0.25) is 4.90 Å². The first-order valence-corrected chi connectivity index (χ1v) is 8.85. The number of morpholine rings is 1. The van der Waals surface area contributed by atoms with Gasteiger partial charge in [-0.25, -0.2) is 4.79 Å². The molecule has 0 spiro atoms. The highest BCUT2D eigenvalue weighted by Gasteiger charge is 2.24. The zero-order chi connectivity index (χ0) is 17.6. The van der Waals surface area contributed by atoms with Gasteiger partial charge in [0.2, 0.25) is 0 Å². The molecule has 2 aromatic carbocycles. The smallest absolute Gasteiger partial charge is 0.344 e. The Kier molecular flexibility index (Phi) is 4.10. The van der Waals surface area contributed by atoms with Gasteiger partial charge in [-0.15, -0.1) is 0 Å². The van der Waals surface area contributed by atoms with Gasteiger partial charge in [-0.2, -0.15) is 0 Å². The minimum atomic E-state index is -0.265. The van der Waals surface area contributed by atoms with E-state index in [2.05, 4.69) is 37.8 Å². The Hall–Kier alpha value is -2.17. The Labute approximate surface area is 147 Å². The van der Waals surface area contributed by atoms with Gasteiger partial charge < -0.3 is 9.15 Å². The topological polar surface area (TPSA) is 42.7 Å². The third kappa shape index (κ3) is 2.96. The largest absolute Gasteiger partial charge is 0.422 e. The fourth-order valence-electron chi connectivity index (χ4n) is 3.93. The van der Waals surface area contributed by atoms with Gasteiger partial charge in [0.25, 0.3) is 0 Å². The lowest BCUT2D eigenvalue weighted by atomic mass is 10.0. The van der Waals surface area contributed by atoms with Crippen LogP contribution >= 0.6 is 0 Å². The summed E-state index contributed by atoms with van der Waals surface area (Å²) in [6.07, 6.45) is 0.429. The summed E-state index contributed by atoms with van der Waals surface area (Å²) in [5.74, 6) is 0. The second-order valence-electron chi connectivity index (χ2n) is 7.12. The van der Waals surface area contributed by atoms with Crippen molar-refractivity contribution in [2.75, 3.05) is 13.1 Å². The van der Waals surface area contributed by atoms with Crippen molar-refractivity contribution >= 4 is 21.7 Å². The van der Waals surface area contributed by atoms with Gasteiger partial charge in [-0.05, 0) is 37.8 Å². The maximum absolute atomic E-state index is 12.5. The summed E-state index contributed by atoms with van der Waals surface area (Å²) in [6, 6.07) is 11.8. The first kappa shape index (κ1) is 16.3. The quantitative estimate of drug-likeness (QED) is 0.526. The Morgan fingerprint density at radius 2 is 1.68 bits per heavy atom. The van der Waals surface area contributed by atoms with Crippen LogP contribution < -0.4 is 5.63 Å². The van der Waals surface area contributed by atoms with Crippen LogP contribution in [0.3, 0.4) is 0 Å². The minimum Gasteiger partial charge on any atom is -0.422 e. The normalized spacial score (nSPS) is 21.9. The molecule has 0 saturated carbocycles. The first-order chi connectivity index (χ1) is 12.0. The lowest BCUT2D eigenvalue weighted by molar-refractivity contribution is -0.0704. The van der Waals surface area contributed by atoms with E-state index in [4.69, 9.17) is 9.15 Å². The molecule has 4 rings (SSSR count). The van der Waals surface area contributed by atoms with E-state index < -0.39 is 0 Å². The molecular weight excluding hydrogens is 314 g/mol. The summed E-state index contributed by atoms with van der Waals surface area (Å²) in [7, 11) is 0. The number of hydrogen-bond donors (Lipinski definition) is 0. The van der Waals surface area contributed by atoms with Crippen molar-refractivity contribution in [1.82, 2.24) is 4.90 Å². The van der Waals surface area contributed by atoms with Crippen molar-refractivity contribution < 1.29 is 9.15 Å². The van der Waals surface area contributed by atoms with Crippen LogP contribution in [0, 0.1) is 6.92 Å². The summed E-state index contributed by atoms with van der Waals surface area (Å²) >= 11 is 0. The average Bonchev–Trinajstić information content (AvgIpc) is 2.57. The molecule has 25 heavy (non-hydrogen) atoms. The molecule has 0 aliphatic carbocycles. The fraction of sp³-hybridized carbons (Fsp3) is 0.381. The maximum atomic E-state index is 12.5. The Morgan fingerprint density at radius 3 is 2.40 bits per heavy atom. The predicted molar refractivity (Wildman–Crippen MR) is 100 cm³/mol. The summed E-state index contributed by atoms with van der Waals surface area (Å²) in [6.45, 7) is 8.83. The number of rotatable bonds is 2. The van der Waals surface area contributed by atoms with Crippen LogP contribution in [0.25, 0.3) is 21.7 Å². The van der Waals surface area contributed by atoms with Gasteiger partial charge >= 0.3 is 5.63 Å². The SMILES string of the molecule is Cc1ccc2c(oc(=O)c3ccccc32)c1CN1CC(C)OC(C)C1. The molecule has 1 aliphatic rings. The van der Waals surface area contributed by atoms with Gasteiger partial charge in [-0.1, -0.05) is 30.3 Å². The Bertz CT molecular complexity index is 982. The molecule has 2 unspecified atom stereocenters. The molecule has 0 amide bonds. The lowest BCUT2D eigenvalue weighted by Crippen LogP contribution is -2.44. The summed E-state index contributed by atoms with van der Waals surface area (Å²) in [5, 5.41) is 2.60. The molecule has 4 heteroatoms. The monoisotopic (exact) mass is 337 g/mol. The van der Waals surface area contributed by atoms with Crippen LogP contribution in [-0.2, 0) is 11.3 Å². The van der Waals surface area contributed by atoms with Gasteiger partial charge in [0, 0.05) is 30.6 Å². The number of nitrogens with zero attached hydrogens (tertiary/aromatic N) is 1. The van der Waals surface area contributed by atoms with Crippen molar-refractivity contribution in [3.05, 3.63) is 57.9 Å². The minimum absolute atomic E-state index is 0.215. The van der Waals surface area contributed by atoms with E-state index in [1.807, 2.05) is 24.3 Å². The first-order valence-electron chi connectivity index (χ1n) is 8.85. The lowest BCUT2D eigenvalue weighted by Gasteiger charge is -2.35. The van der Waals surface area contributed by atoms with E-state index in [0.29, 0.717) is 5.39 Å². The molecule has 3 aromatic rings. The predicted octanol–water partition coefficient (Wildman–Crippen LogP) is 3.86. The van der Waals surface area contributed by atoms with Crippen LogP contribution in [0.2, 0.25) is 0 Å². The molecule has 2 atom stereocenters. The molecule has 1 saturated heterocycles. The van der Waals surface area contributed by atoms with Crippen LogP contribution in [0.1, 0.15) is 25.0 Å². The highest BCUT2D eigenvalue weighted by molar-refractivity contribution is 6.05. The maximum Gasteiger partial charge on any atom is 0.344 e. The number of fused-ring (bicyclic) bond motifs is 3. The Morgan fingerprint density at radius 1 is 1.00 bits per heavy atom. The van der Waals surface area contributed by atoms with E-state index in [1.54, 1.807) is 0 Å². The molecule has 1 fully saturated rings. The second kappa shape index (κ2) is 6.28. The zero-order valence-corrected chi connectivity index (χ0v) is 14.9. The van der Waals surface area contributed by atoms with Crippen molar-refractivity contribution in [3.63, 3.8) is 0 Å².